The number of rotatable bonds is 21. The third kappa shape index (κ3) is 18.4. The number of benzene rings is 1. The Balaban J connectivity index is 0.0000102. The van der Waals surface area contributed by atoms with Crippen molar-refractivity contribution >= 4 is 49.7 Å². The van der Waals surface area contributed by atoms with Gasteiger partial charge in [0.2, 0.25) is 0 Å². The van der Waals surface area contributed by atoms with Crippen molar-refractivity contribution in [2.45, 2.75) is 122 Å². The Hall–Kier alpha value is -0.580. The normalized spacial score (nSPS) is 10.6. The van der Waals surface area contributed by atoms with Crippen LogP contribution in [0.4, 0.5) is 0 Å². The van der Waals surface area contributed by atoms with Crippen molar-refractivity contribution in [1.29, 1.82) is 0 Å². The molecule has 1 aromatic carbocycles. The maximum atomic E-state index is 12.0. The van der Waals surface area contributed by atoms with Gasteiger partial charge >= 0.3 is 49.7 Å². The van der Waals surface area contributed by atoms with Crippen molar-refractivity contribution in [2.24, 2.45) is 0 Å². The van der Waals surface area contributed by atoms with Gasteiger partial charge < -0.3 is 9.84 Å². The molecule has 0 bridgehead atoms. The van der Waals surface area contributed by atoms with Crippen LogP contribution in [0, 0.1) is 0 Å². The van der Waals surface area contributed by atoms with Crippen molar-refractivity contribution in [3.63, 3.8) is 0 Å². The Kier molecular flexibility index (Phi) is 22.8. The first-order chi connectivity index (χ1) is 15.6. The fourth-order valence-corrected chi connectivity index (χ4v) is 4.03. The molecule has 0 saturated heterocycles. The van der Waals surface area contributed by atoms with E-state index >= 15 is 0 Å². The molecule has 0 saturated carbocycles. The minimum absolute atomic E-state index is 0. The van der Waals surface area contributed by atoms with E-state index in [2.05, 4.69) is 6.92 Å². The molecule has 1 rings (SSSR count). The molecule has 0 heterocycles. The summed E-state index contributed by atoms with van der Waals surface area (Å²) in [6.07, 6.45) is 23.9. The number of carboxylic acids is 1. The van der Waals surface area contributed by atoms with Gasteiger partial charge in [0, 0.05) is 0 Å². The van der Waals surface area contributed by atoms with Crippen LogP contribution in [0.5, 0.6) is 0 Å². The number of esters is 1. The third-order valence-corrected chi connectivity index (χ3v) is 6.08. The Bertz CT molecular complexity index is 618. The second kappa shape index (κ2) is 23.2. The molecule has 4 nitrogen and oxygen atoms in total. The van der Waals surface area contributed by atoms with E-state index in [-0.39, 0.29) is 43.3 Å². The van der Waals surface area contributed by atoms with Crippen LogP contribution >= 0.6 is 0 Å². The standard InChI is InChI=1S/C28H46O4.Ca.2H/c1-2-3-4-5-6-7-8-9-10-11-12-13-14-15-16-17-18-19-23-32-28(31)26-22-20-21-25(24-26)27(29)30;;;/h20-22,24H,2-19,23H2,1H3,(H,29,30);;;. The monoisotopic (exact) mass is 488 g/mol. The molecule has 0 amide bonds. The van der Waals surface area contributed by atoms with Crippen molar-refractivity contribution in [3.05, 3.63) is 35.4 Å². The molecule has 5 heteroatoms. The number of hydrogen-bond acceptors (Lipinski definition) is 3. The summed E-state index contributed by atoms with van der Waals surface area (Å²) >= 11 is 0. The van der Waals surface area contributed by atoms with Crippen molar-refractivity contribution in [1.82, 2.24) is 0 Å². The van der Waals surface area contributed by atoms with Crippen LogP contribution in [0.3, 0.4) is 0 Å². The summed E-state index contributed by atoms with van der Waals surface area (Å²) in [7, 11) is 0. The molecule has 0 aliphatic heterocycles. The van der Waals surface area contributed by atoms with Crippen molar-refractivity contribution in [2.75, 3.05) is 6.61 Å². The number of carbonyl (C=O) groups excluding carboxylic acids is 1. The molecular formula is C28H48CaO4. The summed E-state index contributed by atoms with van der Waals surface area (Å²) in [6.45, 7) is 2.67. The molecule has 0 unspecified atom stereocenters. The SMILES string of the molecule is CCCCCCCCCCCCCCCCCCCCOC(=O)c1cccc(C(=O)O)c1.[CaH2]. The van der Waals surface area contributed by atoms with Crippen LogP contribution in [0.2, 0.25) is 0 Å². The number of ether oxygens (including phenoxy) is 1. The second-order valence-electron chi connectivity index (χ2n) is 9.03. The minimum atomic E-state index is -1.04. The van der Waals surface area contributed by atoms with Gasteiger partial charge in [0.1, 0.15) is 0 Å². The van der Waals surface area contributed by atoms with Crippen LogP contribution in [0.25, 0.3) is 0 Å². The van der Waals surface area contributed by atoms with E-state index in [1.165, 1.54) is 115 Å². The average molecular weight is 489 g/mol. The van der Waals surface area contributed by atoms with Crippen molar-refractivity contribution < 1.29 is 19.4 Å². The zero-order valence-electron chi connectivity index (χ0n) is 20.4. The molecule has 0 spiro atoms. The molecule has 1 aromatic rings. The van der Waals surface area contributed by atoms with Gasteiger partial charge in [-0.3, -0.25) is 0 Å². The van der Waals surface area contributed by atoms with Crippen LogP contribution in [-0.4, -0.2) is 61.4 Å². The van der Waals surface area contributed by atoms with Gasteiger partial charge in [0.25, 0.3) is 0 Å². The number of hydrogen-bond donors (Lipinski definition) is 1. The summed E-state index contributed by atoms with van der Waals surface area (Å²) in [6, 6.07) is 5.98. The summed E-state index contributed by atoms with van der Waals surface area (Å²) in [4.78, 5) is 23.0. The Labute approximate surface area is 232 Å². The zero-order chi connectivity index (χ0) is 23.3. The summed E-state index contributed by atoms with van der Waals surface area (Å²) in [5.74, 6) is -1.48. The van der Waals surface area contributed by atoms with E-state index in [0.717, 1.165) is 12.8 Å². The molecule has 1 N–H and O–H groups in total. The fourth-order valence-electron chi connectivity index (χ4n) is 4.03. The number of aromatic carboxylic acids is 1. The molecule has 0 fully saturated rings. The van der Waals surface area contributed by atoms with Crippen LogP contribution < -0.4 is 0 Å². The predicted molar refractivity (Wildman–Crippen MR) is 141 cm³/mol. The first-order valence-electron chi connectivity index (χ1n) is 13.2. The van der Waals surface area contributed by atoms with Crippen LogP contribution in [0.15, 0.2) is 24.3 Å². The van der Waals surface area contributed by atoms with E-state index in [1.807, 2.05) is 0 Å². The predicted octanol–water partition coefficient (Wildman–Crippen LogP) is 7.67. The summed E-state index contributed by atoms with van der Waals surface area (Å²) in [5, 5.41) is 8.98. The summed E-state index contributed by atoms with van der Waals surface area (Å²) in [5.41, 5.74) is 0.403. The molecule has 33 heavy (non-hydrogen) atoms. The zero-order valence-corrected chi connectivity index (χ0v) is 20.4. The van der Waals surface area contributed by atoms with Crippen LogP contribution in [-0.2, 0) is 4.74 Å². The third-order valence-electron chi connectivity index (χ3n) is 6.08. The molecule has 186 valence electrons. The van der Waals surface area contributed by atoms with Gasteiger partial charge in [-0.25, -0.2) is 9.59 Å². The Morgan fingerprint density at radius 3 is 1.48 bits per heavy atom. The topological polar surface area (TPSA) is 63.6 Å². The van der Waals surface area contributed by atoms with Gasteiger partial charge in [-0.05, 0) is 24.6 Å². The summed E-state index contributed by atoms with van der Waals surface area (Å²) < 4.78 is 5.26. The van der Waals surface area contributed by atoms with E-state index in [9.17, 15) is 9.59 Å². The first-order valence-corrected chi connectivity index (χ1v) is 13.2. The van der Waals surface area contributed by atoms with Gasteiger partial charge in [0.15, 0.2) is 0 Å². The second-order valence-corrected chi connectivity index (χ2v) is 9.03. The maximum absolute atomic E-state index is 12.0. The molecule has 0 aliphatic carbocycles. The Morgan fingerprint density at radius 2 is 1.06 bits per heavy atom. The molecule has 0 atom stereocenters. The van der Waals surface area contributed by atoms with Crippen molar-refractivity contribution in [3.8, 4) is 0 Å². The number of unbranched alkanes of at least 4 members (excludes halogenated alkanes) is 17. The van der Waals surface area contributed by atoms with E-state index in [4.69, 9.17) is 9.84 Å². The first kappa shape index (κ1) is 32.4. The van der Waals surface area contributed by atoms with E-state index in [0.29, 0.717) is 12.2 Å². The molecular weight excluding hydrogens is 440 g/mol. The fraction of sp³-hybridized carbons (Fsp3) is 0.714. The van der Waals surface area contributed by atoms with Gasteiger partial charge in [-0.2, -0.15) is 0 Å². The van der Waals surface area contributed by atoms with Gasteiger partial charge in [-0.15, -0.1) is 0 Å². The van der Waals surface area contributed by atoms with Gasteiger partial charge in [-0.1, -0.05) is 122 Å². The average Bonchev–Trinajstić information content (AvgIpc) is 2.80. The number of carbonyl (C=O) groups is 2. The molecule has 0 aromatic heterocycles. The van der Waals surface area contributed by atoms with E-state index in [1.54, 1.807) is 12.1 Å². The molecule has 0 radical (unpaired) electrons. The quantitative estimate of drug-likeness (QED) is 0.110. The number of carboxylic acid groups (broad SMARTS) is 1. The van der Waals surface area contributed by atoms with Gasteiger partial charge in [0.05, 0.1) is 17.7 Å². The van der Waals surface area contributed by atoms with Crippen LogP contribution in [0.1, 0.15) is 143 Å². The van der Waals surface area contributed by atoms with E-state index < -0.39 is 11.9 Å². The Morgan fingerprint density at radius 1 is 0.667 bits per heavy atom. The molecule has 0 aliphatic rings.